The summed E-state index contributed by atoms with van der Waals surface area (Å²) in [5, 5.41) is 6.59. The van der Waals surface area contributed by atoms with Crippen molar-refractivity contribution in [3.8, 4) is 0 Å². The third-order valence-electron chi connectivity index (χ3n) is 4.78. The molecule has 2 rings (SSSR count). The number of hydrogen-bond acceptors (Lipinski definition) is 6. The number of hydrogen-bond donors (Lipinski definition) is 2. The van der Waals surface area contributed by atoms with Crippen molar-refractivity contribution >= 4 is 17.8 Å². The first kappa shape index (κ1) is 17.3. The zero-order chi connectivity index (χ0) is 17.1. The summed E-state index contributed by atoms with van der Waals surface area (Å²) in [7, 11) is 0. The van der Waals surface area contributed by atoms with E-state index < -0.39 is 12.1 Å². The summed E-state index contributed by atoms with van der Waals surface area (Å²) in [5.74, 6) is -0.112. The second kappa shape index (κ2) is 7.02. The maximum atomic E-state index is 12.3. The number of carbonyl (C=O) groups is 2. The number of rotatable bonds is 4. The number of aromatic nitrogens is 1. The monoisotopic (exact) mass is 323 g/mol. The van der Waals surface area contributed by atoms with Gasteiger partial charge in [-0.2, -0.15) is 0 Å². The van der Waals surface area contributed by atoms with Gasteiger partial charge in [-0.3, -0.25) is 4.79 Å². The van der Waals surface area contributed by atoms with Gasteiger partial charge in [0.15, 0.2) is 6.10 Å². The number of nitrogens with zero attached hydrogens (tertiary/aromatic N) is 1. The summed E-state index contributed by atoms with van der Waals surface area (Å²) < 4.78 is 9.92. The van der Waals surface area contributed by atoms with Crippen LogP contribution in [0.25, 0.3) is 0 Å². The first-order valence-corrected chi connectivity index (χ1v) is 8.04. The first-order valence-electron chi connectivity index (χ1n) is 8.04. The molecule has 1 fully saturated rings. The van der Waals surface area contributed by atoms with E-state index in [1.165, 1.54) is 6.42 Å². The normalized spacial score (nSPS) is 25.7. The van der Waals surface area contributed by atoms with Gasteiger partial charge in [0.1, 0.15) is 5.56 Å². The molecule has 7 heteroatoms. The highest BCUT2D eigenvalue weighted by molar-refractivity contribution is 5.96. The van der Waals surface area contributed by atoms with E-state index in [0.717, 1.165) is 12.8 Å². The summed E-state index contributed by atoms with van der Waals surface area (Å²) >= 11 is 0. The van der Waals surface area contributed by atoms with E-state index >= 15 is 0 Å². The number of esters is 1. The Morgan fingerprint density at radius 3 is 2.70 bits per heavy atom. The number of amides is 1. The molecule has 23 heavy (non-hydrogen) atoms. The SMILES string of the molecule is Cc1noc(N)c1C(=O)O[C@H](C)C(=O)N[C@@H]1CCC[C@H](C)[C@@H]1C. The number of nitrogen functional groups attached to an aromatic ring is 1. The van der Waals surface area contributed by atoms with Crippen molar-refractivity contribution in [2.24, 2.45) is 11.8 Å². The fraction of sp³-hybridized carbons (Fsp3) is 0.688. The lowest BCUT2D eigenvalue weighted by molar-refractivity contribution is -0.130. The molecule has 3 N–H and O–H groups in total. The fourth-order valence-corrected chi connectivity index (χ4v) is 2.99. The molecule has 1 aromatic rings. The molecule has 0 unspecified atom stereocenters. The van der Waals surface area contributed by atoms with E-state index in [1.54, 1.807) is 13.8 Å². The first-order chi connectivity index (χ1) is 10.8. The Labute approximate surface area is 135 Å². The highest BCUT2D eigenvalue weighted by Crippen LogP contribution is 2.29. The van der Waals surface area contributed by atoms with Gasteiger partial charge in [-0.25, -0.2) is 4.79 Å². The Balaban J connectivity index is 1.94. The van der Waals surface area contributed by atoms with E-state index in [2.05, 4.69) is 24.3 Å². The summed E-state index contributed by atoms with van der Waals surface area (Å²) in [4.78, 5) is 24.4. The molecule has 1 aromatic heterocycles. The van der Waals surface area contributed by atoms with Gasteiger partial charge >= 0.3 is 5.97 Å². The van der Waals surface area contributed by atoms with Crippen LogP contribution < -0.4 is 11.1 Å². The van der Waals surface area contributed by atoms with Crippen LogP contribution in [0, 0.1) is 18.8 Å². The van der Waals surface area contributed by atoms with Crippen LogP contribution in [0.2, 0.25) is 0 Å². The Kier molecular flexibility index (Phi) is 5.28. The summed E-state index contributed by atoms with van der Waals surface area (Å²) in [6, 6.07) is 0.120. The van der Waals surface area contributed by atoms with Crippen LogP contribution in [0.4, 0.5) is 5.88 Å². The van der Waals surface area contributed by atoms with Gasteiger partial charge in [0.2, 0.25) is 5.88 Å². The fourth-order valence-electron chi connectivity index (χ4n) is 2.99. The molecule has 4 atom stereocenters. The van der Waals surface area contributed by atoms with Crippen molar-refractivity contribution in [2.45, 2.75) is 59.1 Å². The lowest BCUT2D eigenvalue weighted by atomic mass is 9.78. The summed E-state index contributed by atoms with van der Waals surface area (Å²) in [6.07, 6.45) is 2.33. The van der Waals surface area contributed by atoms with Gasteiger partial charge < -0.3 is 20.3 Å². The van der Waals surface area contributed by atoms with E-state index in [4.69, 9.17) is 15.0 Å². The molecule has 0 aliphatic heterocycles. The molecule has 1 aliphatic rings. The maximum absolute atomic E-state index is 12.3. The van der Waals surface area contributed by atoms with Crippen molar-refractivity contribution in [3.05, 3.63) is 11.3 Å². The second-order valence-electron chi connectivity index (χ2n) is 6.44. The van der Waals surface area contributed by atoms with Crippen LogP contribution in [0.5, 0.6) is 0 Å². The highest BCUT2D eigenvalue weighted by Gasteiger charge is 2.31. The third-order valence-corrected chi connectivity index (χ3v) is 4.78. The zero-order valence-electron chi connectivity index (χ0n) is 14.1. The highest BCUT2D eigenvalue weighted by atomic mass is 16.5. The number of nitrogens with two attached hydrogens (primary N) is 1. The lowest BCUT2D eigenvalue weighted by Gasteiger charge is -2.35. The molecule has 1 aliphatic carbocycles. The van der Waals surface area contributed by atoms with Crippen LogP contribution in [0.3, 0.4) is 0 Å². The minimum absolute atomic E-state index is 0.0734. The van der Waals surface area contributed by atoms with Crippen molar-refractivity contribution in [1.82, 2.24) is 10.5 Å². The molecule has 0 bridgehead atoms. The predicted molar refractivity (Wildman–Crippen MR) is 84.6 cm³/mol. The van der Waals surface area contributed by atoms with Gasteiger partial charge in [-0.1, -0.05) is 31.8 Å². The van der Waals surface area contributed by atoms with Crippen LogP contribution in [0.15, 0.2) is 4.52 Å². The molecule has 1 heterocycles. The number of anilines is 1. The summed E-state index contributed by atoms with van der Waals surface area (Å²) in [5.41, 5.74) is 5.96. The number of carbonyl (C=O) groups excluding carboxylic acids is 2. The van der Waals surface area contributed by atoms with E-state index in [-0.39, 0.29) is 23.4 Å². The topological polar surface area (TPSA) is 107 Å². The van der Waals surface area contributed by atoms with Crippen LogP contribution >= 0.6 is 0 Å². The van der Waals surface area contributed by atoms with E-state index in [9.17, 15) is 9.59 Å². The van der Waals surface area contributed by atoms with Crippen molar-refractivity contribution in [1.29, 1.82) is 0 Å². The van der Waals surface area contributed by atoms with Crippen LogP contribution in [-0.2, 0) is 9.53 Å². The lowest BCUT2D eigenvalue weighted by Crippen LogP contribution is -2.47. The van der Waals surface area contributed by atoms with Crippen LogP contribution in [-0.4, -0.2) is 29.2 Å². The Hall–Kier alpha value is -2.05. The van der Waals surface area contributed by atoms with Gasteiger partial charge in [0.05, 0.1) is 5.69 Å². The van der Waals surface area contributed by atoms with E-state index in [1.807, 2.05) is 0 Å². The average Bonchev–Trinajstić information content (AvgIpc) is 2.82. The zero-order valence-corrected chi connectivity index (χ0v) is 14.1. The largest absolute Gasteiger partial charge is 0.449 e. The molecular weight excluding hydrogens is 298 g/mol. The number of nitrogens with one attached hydrogen (secondary N) is 1. The van der Waals surface area contributed by atoms with Gasteiger partial charge in [-0.05, 0) is 32.1 Å². The molecule has 1 amide bonds. The van der Waals surface area contributed by atoms with Crippen LogP contribution in [0.1, 0.15) is 56.1 Å². The smallest absolute Gasteiger partial charge is 0.346 e. The minimum atomic E-state index is -0.902. The quantitative estimate of drug-likeness (QED) is 0.821. The summed E-state index contributed by atoms with van der Waals surface area (Å²) in [6.45, 7) is 7.48. The molecule has 0 aromatic carbocycles. The molecule has 0 spiro atoms. The number of ether oxygens (including phenoxy) is 1. The molecular formula is C16H25N3O4. The Bertz CT molecular complexity index is 564. The molecule has 1 saturated carbocycles. The molecule has 7 nitrogen and oxygen atoms in total. The van der Waals surface area contributed by atoms with Gasteiger partial charge in [-0.15, -0.1) is 0 Å². The second-order valence-corrected chi connectivity index (χ2v) is 6.44. The third kappa shape index (κ3) is 3.83. The van der Waals surface area contributed by atoms with Gasteiger partial charge in [0, 0.05) is 6.04 Å². The molecule has 128 valence electrons. The minimum Gasteiger partial charge on any atom is -0.449 e. The number of aryl methyl sites for hydroxylation is 1. The predicted octanol–water partition coefficient (Wildman–Crippen LogP) is 2.05. The standard InChI is InChI=1S/C16H25N3O4/c1-8-6-5-7-12(9(8)2)18-15(20)11(4)22-16(21)13-10(3)19-23-14(13)17/h8-9,11-12H,5-7,17H2,1-4H3,(H,18,20)/t8-,9-,11+,12+/m0/s1. The van der Waals surface area contributed by atoms with E-state index in [0.29, 0.717) is 17.5 Å². The Morgan fingerprint density at radius 2 is 2.09 bits per heavy atom. The Morgan fingerprint density at radius 1 is 1.39 bits per heavy atom. The van der Waals surface area contributed by atoms with Crippen molar-refractivity contribution in [3.63, 3.8) is 0 Å². The average molecular weight is 323 g/mol. The maximum Gasteiger partial charge on any atom is 0.346 e. The van der Waals surface area contributed by atoms with Crippen molar-refractivity contribution in [2.75, 3.05) is 5.73 Å². The molecule has 0 saturated heterocycles. The van der Waals surface area contributed by atoms with Gasteiger partial charge in [0.25, 0.3) is 5.91 Å². The van der Waals surface area contributed by atoms with Crippen molar-refractivity contribution < 1.29 is 18.8 Å². The molecule has 0 radical (unpaired) electrons.